The second-order valence-electron chi connectivity index (χ2n) is 3.73. The van der Waals surface area contributed by atoms with E-state index in [1.165, 1.54) is 12.8 Å². The van der Waals surface area contributed by atoms with E-state index in [1.54, 1.807) is 0 Å². The summed E-state index contributed by atoms with van der Waals surface area (Å²) in [5, 5.41) is 0. The van der Waals surface area contributed by atoms with Crippen LogP contribution in [0.5, 0.6) is 0 Å². The fourth-order valence-corrected chi connectivity index (χ4v) is 1.48. The quantitative estimate of drug-likeness (QED) is 0.746. The van der Waals surface area contributed by atoms with Gasteiger partial charge >= 0.3 is 0 Å². The molecule has 2 nitrogen and oxygen atoms in total. The molecule has 1 aromatic rings. The summed E-state index contributed by atoms with van der Waals surface area (Å²) >= 11 is 0. The zero-order valence-electron chi connectivity index (χ0n) is 7.42. The van der Waals surface area contributed by atoms with Gasteiger partial charge in [-0.1, -0.05) is 12.8 Å². The molecular weight excluding hydrogens is 150 g/mol. The van der Waals surface area contributed by atoms with E-state index in [0.29, 0.717) is 0 Å². The maximum absolute atomic E-state index is 5.96. The zero-order valence-corrected chi connectivity index (χ0v) is 7.42. The molecule has 0 amide bonds. The third kappa shape index (κ3) is 1.69. The largest absolute Gasteiger partial charge is 0.465 e. The molecule has 0 aromatic carbocycles. The minimum Gasteiger partial charge on any atom is -0.465 e. The van der Waals surface area contributed by atoms with E-state index in [4.69, 9.17) is 10.2 Å². The Bertz CT molecular complexity index is 263. The van der Waals surface area contributed by atoms with Gasteiger partial charge in [0, 0.05) is 0 Å². The average Bonchev–Trinajstić information content (AvgIpc) is 2.72. The molecule has 1 saturated carbocycles. The lowest BCUT2D eigenvalue weighted by molar-refractivity contribution is 0.425. The van der Waals surface area contributed by atoms with Gasteiger partial charge in [0.05, 0.1) is 6.04 Å². The molecule has 2 heteroatoms. The van der Waals surface area contributed by atoms with E-state index in [9.17, 15) is 0 Å². The van der Waals surface area contributed by atoms with Crippen molar-refractivity contribution in [3.63, 3.8) is 0 Å². The van der Waals surface area contributed by atoms with Gasteiger partial charge < -0.3 is 10.2 Å². The van der Waals surface area contributed by atoms with Crippen molar-refractivity contribution >= 4 is 0 Å². The van der Waals surface area contributed by atoms with Crippen LogP contribution in [0.2, 0.25) is 0 Å². The molecule has 1 atom stereocenters. The van der Waals surface area contributed by atoms with E-state index in [-0.39, 0.29) is 6.04 Å². The molecule has 1 aromatic heterocycles. The fourth-order valence-electron chi connectivity index (χ4n) is 1.48. The van der Waals surface area contributed by atoms with Crippen LogP contribution in [0.4, 0.5) is 0 Å². The maximum Gasteiger partial charge on any atom is 0.120 e. The molecule has 2 N–H and O–H groups in total. The van der Waals surface area contributed by atoms with Gasteiger partial charge in [0.15, 0.2) is 0 Å². The molecule has 0 aliphatic heterocycles. The lowest BCUT2D eigenvalue weighted by Gasteiger charge is -2.06. The van der Waals surface area contributed by atoms with Crippen molar-refractivity contribution < 1.29 is 4.42 Å². The van der Waals surface area contributed by atoms with Crippen molar-refractivity contribution in [2.45, 2.75) is 32.2 Å². The summed E-state index contributed by atoms with van der Waals surface area (Å²) in [5.74, 6) is 2.76. The SMILES string of the molecule is Cc1ccc([C@H](N)CC2CC2)o1. The minimum absolute atomic E-state index is 0.117. The Labute approximate surface area is 72.7 Å². The van der Waals surface area contributed by atoms with Crippen LogP contribution in [0.15, 0.2) is 16.5 Å². The highest BCUT2D eigenvalue weighted by atomic mass is 16.3. The Morgan fingerprint density at radius 2 is 2.33 bits per heavy atom. The molecule has 1 heterocycles. The molecule has 0 unspecified atom stereocenters. The number of nitrogens with two attached hydrogens (primary N) is 1. The van der Waals surface area contributed by atoms with Crippen LogP contribution in [-0.4, -0.2) is 0 Å². The van der Waals surface area contributed by atoms with Crippen LogP contribution in [0.3, 0.4) is 0 Å². The lowest BCUT2D eigenvalue weighted by Crippen LogP contribution is -2.09. The molecule has 2 rings (SSSR count). The summed E-state index contributed by atoms with van der Waals surface area (Å²) in [4.78, 5) is 0. The molecule has 0 radical (unpaired) electrons. The Morgan fingerprint density at radius 3 is 2.83 bits per heavy atom. The number of furan rings is 1. The van der Waals surface area contributed by atoms with Gasteiger partial charge in [-0.05, 0) is 31.4 Å². The molecule has 0 spiro atoms. The number of rotatable bonds is 3. The monoisotopic (exact) mass is 165 g/mol. The smallest absolute Gasteiger partial charge is 0.120 e. The van der Waals surface area contributed by atoms with Crippen molar-refractivity contribution in [1.29, 1.82) is 0 Å². The number of aryl methyl sites for hydroxylation is 1. The maximum atomic E-state index is 5.96. The van der Waals surface area contributed by atoms with Crippen LogP contribution < -0.4 is 5.73 Å². The zero-order chi connectivity index (χ0) is 8.55. The Hall–Kier alpha value is -0.760. The highest BCUT2D eigenvalue weighted by molar-refractivity contribution is 5.09. The molecular formula is C10H15NO. The van der Waals surface area contributed by atoms with Gasteiger partial charge in [0.25, 0.3) is 0 Å². The summed E-state index contributed by atoms with van der Waals surface area (Å²) < 4.78 is 5.45. The first-order chi connectivity index (χ1) is 5.75. The predicted molar refractivity (Wildman–Crippen MR) is 47.7 cm³/mol. The van der Waals surface area contributed by atoms with E-state index in [0.717, 1.165) is 23.9 Å². The van der Waals surface area contributed by atoms with Crippen LogP contribution in [0.25, 0.3) is 0 Å². The summed E-state index contributed by atoms with van der Waals surface area (Å²) in [6.07, 6.45) is 3.80. The summed E-state index contributed by atoms with van der Waals surface area (Å²) in [6.45, 7) is 1.95. The lowest BCUT2D eigenvalue weighted by atomic mass is 10.1. The normalized spacial score (nSPS) is 19.5. The third-order valence-corrected chi connectivity index (χ3v) is 2.41. The average molecular weight is 165 g/mol. The van der Waals surface area contributed by atoms with Crippen molar-refractivity contribution in [2.24, 2.45) is 11.7 Å². The molecule has 0 saturated heterocycles. The second-order valence-corrected chi connectivity index (χ2v) is 3.73. The third-order valence-electron chi connectivity index (χ3n) is 2.41. The van der Waals surface area contributed by atoms with Crippen molar-refractivity contribution in [3.8, 4) is 0 Å². The second kappa shape index (κ2) is 2.94. The number of hydrogen-bond donors (Lipinski definition) is 1. The first-order valence-corrected chi connectivity index (χ1v) is 4.57. The summed E-state index contributed by atoms with van der Waals surface area (Å²) in [5.41, 5.74) is 5.96. The Kier molecular flexibility index (Phi) is 1.93. The van der Waals surface area contributed by atoms with Crippen LogP contribution in [0, 0.1) is 12.8 Å². The van der Waals surface area contributed by atoms with Crippen LogP contribution in [-0.2, 0) is 0 Å². The van der Waals surface area contributed by atoms with Gasteiger partial charge in [0.1, 0.15) is 11.5 Å². The van der Waals surface area contributed by atoms with E-state index in [1.807, 2.05) is 19.1 Å². The standard InChI is InChI=1S/C10H15NO/c1-7-2-5-10(12-7)9(11)6-8-3-4-8/h2,5,8-9H,3-4,6,11H2,1H3/t9-/m1/s1. The van der Waals surface area contributed by atoms with Crippen molar-refractivity contribution in [1.82, 2.24) is 0 Å². The van der Waals surface area contributed by atoms with Gasteiger partial charge in [-0.2, -0.15) is 0 Å². The van der Waals surface area contributed by atoms with Crippen molar-refractivity contribution in [2.75, 3.05) is 0 Å². The molecule has 66 valence electrons. The Morgan fingerprint density at radius 1 is 1.58 bits per heavy atom. The minimum atomic E-state index is 0.117. The van der Waals surface area contributed by atoms with E-state index >= 15 is 0 Å². The highest BCUT2D eigenvalue weighted by Gasteiger charge is 2.25. The Balaban J connectivity index is 1.97. The van der Waals surface area contributed by atoms with E-state index in [2.05, 4.69) is 0 Å². The first-order valence-electron chi connectivity index (χ1n) is 4.57. The van der Waals surface area contributed by atoms with E-state index < -0.39 is 0 Å². The highest BCUT2D eigenvalue weighted by Crippen LogP contribution is 2.36. The summed E-state index contributed by atoms with van der Waals surface area (Å²) in [6, 6.07) is 4.08. The first kappa shape index (κ1) is 7.87. The van der Waals surface area contributed by atoms with Gasteiger partial charge in [-0.3, -0.25) is 0 Å². The van der Waals surface area contributed by atoms with Crippen molar-refractivity contribution in [3.05, 3.63) is 23.7 Å². The van der Waals surface area contributed by atoms with Crippen LogP contribution >= 0.6 is 0 Å². The molecule has 1 aliphatic rings. The molecule has 1 aliphatic carbocycles. The van der Waals surface area contributed by atoms with Gasteiger partial charge in [-0.25, -0.2) is 0 Å². The van der Waals surface area contributed by atoms with Crippen LogP contribution in [0.1, 0.15) is 36.8 Å². The topological polar surface area (TPSA) is 39.2 Å². The predicted octanol–water partition coefficient (Wildman–Crippen LogP) is 2.39. The molecule has 1 fully saturated rings. The summed E-state index contributed by atoms with van der Waals surface area (Å²) in [7, 11) is 0. The molecule has 0 bridgehead atoms. The number of hydrogen-bond acceptors (Lipinski definition) is 2. The molecule has 12 heavy (non-hydrogen) atoms. The van der Waals surface area contributed by atoms with Gasteiger partial charge in [-0.15, -0.1) is 0 Å². The fraction of sp³-hybridized carbons (Fsp3) is 0.600. The van der Waals surface area contributed by atoms with Gasteiger partial charge in [0.2, 0.25) is 0 Å².